The molecule has 1 amide bonds. The molecule has 2 aliphatic rings. The Bertz CT molecular complexity index is 609. The largest absolute Gasteiger partial charge is 0.354 e. The summed E-state index contributed by atoms with van der Waals surface area (Å²) in [6.45, 7) is 2.54. The fourth-order valence-corrected chi connectivity index (χ4v) is 4.76. The van der Waals surface area contributed by atoms with Crippen molar-refractivity contribution < 1.29 is 13.2 Å². The maximum absolute atomic E-state index is 12.6. The van der Waals surface area contributed by atoms with E-state index in [1.54, 1.807) is 6.92 Å². The lowest BCUT2D eigenvalue weighted by atomic mass is 9.93. The summed E-state index contributed by atoms with van der Waals surface area (Å²) < 4.78 is 26.7. The number of nitrogens with zero attached hydrogens (tertiary/aromatic N) is 2. The number of aromatic nitrogens is 2. The number of H-pyrrole nitrogens is 1. The molecular formula is C11H16N4O3S. The van der Waals surface area contributed by atoms with Gasteiger partial charge in [-0.25, -0.2) is 8.42 Å². The van der Waals surface area contributed by atoms with Crippen molar-refractivity contribution in [2.75, 3.05) is 13.1 Å². The van der Waals surface area contributed by atoms with E-state index in [2.05, 4.69) is 15.5 Å². The van der Waals surface area contributed by atoms with Gasteiger partial charge in [0, 0.05) is 13.1 Å². The van der Waals surface area contributed by atoms with Gasteiger partial charge in [0.05, 0.1) is 23.9 Å². The number of nitrogens with one attached hydrogen (secondary N) is 2. The predicted molar refractivity (Wildman–Crippen MR) is 66.7 cm³/mol. The van der Waals surface area contributed by atoms with Crippen LogP contribution in [0, 0.1) is 12.8 Å². The van der Waals surface area contributed by atoms with Gasteiger partial charge in [-0.2, -0.15) is 9.40 Å². The molecule has 0 radical (unpaired) electrons. The quantitative estimate of drug-likeness (QED) is 0.773. The lowest BCUT2D eigenvalue weighted by Gasteiger charge is -2.34. The van der Waals surface area contributed by atoms with E-state index in [0.717, 1.165) is 6.42 Å². The van der Waals surface area contributed by atoms with E-state index in [9.17, 15) is 13.2 Å². The van der Waals surface area contributed by atoms with Crippen LogP contribution in [-0.4, -0.2) is 48.0 Å². The third-order valence-corrected chi connectivity index (χ3v) is 5.96. The second kappa shape index (κ2) is 4.31. The Balaban J connectivity index is 1.97. The van der Waals surface area contributed by atoms with Crippen molar-refractivity contribution in [1.82, 2.24) is 19.8 Å². The summed E-state index contributed by atoms with van der Waals surface area (Å²) in [5, 5.41) is 9.17. The van der Waals surface area contributed by atoms with Crippen LogP contribution < -0.4 is 5.32 Å². The van der Waals surface area contributed by atoms with Crippen molar-refractivity contribution in [2.45, 2.75) is 30.7 Å². The molecule has 0 saturated carbocycles. The number of carbonyl (C=O) groups is 1. The number of carbonyl (C=O) groups excluding carboxylic acids is 1. The molecule has 1 aromatic rings. The number of sulfonamides is 1. The van der Waals surface area contributed by atoms with E-state index >= 15 is 0 Å². The summed E-state index contributed by atoms with van der Waals surface area (Å²) in [6, 6.07) is -0.263. The molecule has 0 aliphatic carbocycles. The third-order valence-electron chi connectivity index (χ3n) is 3.92. The Morgan fingerprint density at radius 2 is 2.26 bits per heavy atom. The van der Waals surface area contributed by atoms with E-state index in [4.69, 9.17) is 0 Å². The molecule has 2 saturated heterocycles. The number of hydrogen-bond donors (Lipinski definition) is 2. The lowest BCUT2D eigenvalue weighted by Crippen LogP contribution is -2.48. The molecule has 2 aliphatic heterocycles. The number of aryl methyl sites for hydroxylation is 1. The molecule has 3 heterocycles. The van der Waals surface area contributed by atoms with Gasteiger partial charge in [0.25, 0.3) is 0 Å². The minimum atomic E-state index is -3.58. The van der Waals surface area contributed by atoms with Gasteiger partial charge in [0.2, 0.25) is 15.9 Å². The summed E-state index contributed by atoms with van der Waals surface area (Å²) in [6.07, 6.45) is 2.80. The first-order valence-corrected chi connectivity index (χ1v) is 7.75. The van der Waals surface area contributed by atoms with Crippen LogP contribution in [-0.2, 0) is 14.8 Å². The lowest BCUT2D eigenvalue weighted by molar-refractivity contribution is -0.123. The summed E-state index contributed by atoms with van der Waals surface area (Å²) >= 11 is 0. The molecule has 2 N–H and O–H groups in total. The van der Waals surface area contributed by atoms with Gasteiger partial charge < -0.3 is 5.32 Å². The number of amides is 1. The molecule has 0 bridgehead atoms. The standard InChI is InChI=1S/C11H16N4O3S/c1-7-10(6-13-14-7)19(17,18)15-4-2-3-8-9(15)5-12-11(8)16/h6,8-9H,2-5H2,1H3,(H,12,16)(H,13,14). The number of aromatic amines is 1. The molecular weight excluding hydrogens is 268 g/mol. The zero-order chi connectivity index (χ0) is 13.6. The molecule has 7 nitrogen and oxygen atoms in total. The van der Waals surface area contributed by atoms with Crippen LogP contribution in [0.2, 0.25) is 0 Å². The van der Waals surface area contributed by atoms with E-state index in [1.165, 1.54) is 10.5 Å². The van der Waals surface area contributed by atoms with Gasteiger partial charge in [0.1, 0.15) is 4.90 Å². The molecule has 19 heavy (non-hydrogen) atoms. The Kier molecular flexibility index (Phi) is 2.86. The summed E-state index contributed by atoms with van der Waals surface area (Å²) in [5.74, 6) is -0.246. The van der Waals surface area contributed by atoms with Gasteiger partial charge in [-0.3, -0.25) is 9.89 Å². The first kappa shape index (κ1) is 12.6. The minimum absolute atomic E-state index is 0.0335. The first-order valence-electron chi connectivity index (χ1n) is 6.31. The molecule has 2 unspecified atom stereocenters. The molecule has 8 heteroatoms. The van der Waals surface area contributed by atoms with Gasteiger partial charge in [-0.15, -0.1) is 0 Å². The molecule has 104 valence electrons. The Morgan fingerprint density at radius 3 is 2.95 bits per heavy atom. The van der Waals surface area contributed by atoms with Crippen LogP contribution in [0.1, 0.15) is 18.5 Å². The number of fused-ring (bicyclic) bond motifs is 1. The first-order chi connectivity index (χ1) is 9.01. The summed E-state index contributed by atoms with van der Waals surface area (Å²) in [7, 11) is -3.58. The topological polar surface area (TPSA) is 95.2 Å². The molecule has 0 spiro atoms. The van der Waals surface area contributed by atoms with Crippen LogP contribution in [0.3, 0.4) is 0 Å². The highest BCUT2D eigenvalue weighted by Gasteiger charge is 2.46. The highest BCUT2D eigenvalue weighted by atomic mass is 32.2. The van der Waals surface area contributed by atoms with Crippen LogP contribution in [0.25, 0.3) is 0 Å². The van der Waals surface area contributed by atoms with Crippen molar-refractivity contribution in [3.05, 3.63) is 11.9 Å². The zero-order valence-corrected chi connectivity index (χ0v) is 11.4. The number of hydrogen-bond acceptors (Lipinski definition) is 4. The van der Waals surface area contributed by atoms with Crippen LogP contribution in [0.4, 0.5) is 0 Å². The van der Waals surface area contributed by atoms with Crippen molar-refractivity contribution >= 4 is 15.9 Å². The zero-order valence-electron chi connectivity index (χ0n) is 10.6. The second-order valence-corrected chi connectivity index (χ2v) is 6.90. The van der Waals surface area contributed by atoms with Gasteiger partial charge in [0.15, 0.2) is 0 Å². The Hall–Kier alpha value is -1.41. The summed E-state index contributed by atoms with van der Waals surface area (Å²) in [4.78, 5) is 11.9. The molecule has 3 rings (SSSR count). The number of piperidine rings is 1. The average Bonchev–Trinajstić information content (AvgIpc) is 2.96. The Morgan fingerprint density at radius 1 is 1.47 bits per heavy atom. The van der Waals surface area contributed by atoms with Crippen LogP contribution in [0.15, 0.2) is 11.1 Å². The monoisotopic (exact) mass is 284 g/mol. The molecule has 0 aromatic carbocycles. The SMILES string of the molecule is Cc1[nH]ncc1S(=O)(=O)N1CCCC2C(=O)NCC21. The maximum atomic E-state index is 12.6. The molecule has 1 aromatic heterocycles. The van der Waals surface area contributed by atoms with E-state index in [1.807, 2.05) is 0 Å². The minimum Gasteiger partial charge on any atom is -0.354 e. The molecule has 2 fully saturated rings. The fourth-order valence-electron chi connectivity index (χ4n) is 2.94. The number of rotatable bonds is 2. The van der Waals surface area contributed by atoms with Crippen molar-refractivity contribution in [2.24, 2.45) is 5.92 Å². The Labute approximate surface area is 111 Å². The maximum Gasteiger partial charge on any atom is 0.246 e. The molecule has 2 atom stereocenters. The second-order valence-electron chi connectivity index (χ2n) is 5.04. The van der Waals surface area contributed by atoms with E-state index < -0.39 is 10.0 Å². The summed E-state index contributed by atoms with van der Waals surface area (Å²) in [5.41, 5.74) is 0.527. The third kappa shape index (κ3) is 1.86. The average molecular weight is 284 g/mol. The van der Waals surface area contributed by atoms with E-state index in [-0.39, 0.29) is 22.8 Å². The van der Waals surface area contributed by atoms with Crippen LogP contribution >= 0.6 is 0 Å². The predicted octanol–water partition coefficient (Wildman–Crippen LogP) is -0.383. The van der Waals surface area contributed by atoms with Crippen molar-refractivity contribution in [3.8, 4) is 0 Å². The van der Waals surface area contributed by atoms with Crippen molar-refractivity contribution in [3.63, 3.8) is 0 Å². The highest BCUT2D eigenvalue weighted by Crippen LogP contribution is 2.32. The normalized spacial score (nSPS) is 28.2. The van der Waals surface area contributed by atoms with Crippen LogP contribution in [0.5, 0.6) is 0 Å². The van der Waals surface area contributed by atoms with Crippen molar-refractivity contribution in [1.29, 1.82) is 0 Å². The smallest absolute Gasteiger partial charge is 0.246 e. The van der Waals surface area contributed by atoms with Gasteiger partial charge in [-0.1, -0.05) is 0 Å². The fraction of sp³-hybridized carbons (Fsp3) is 0.636. The van der Waals surface area contributed by atoms with E-state index in [0.29, 0.717) is 25.2 Å². The highest BCUT2D eigenvalue weighted by molar-refractivity contribution is 7.89. The van der Waals surface area contributed by atoms with Gasteiger partial charge >= 0.3 is 0 Å². The van der Waals surface area contributed by atoms with Gasteiger partial charge in [-0.05, 0) is 19.8 Å².